The minimum atomic E-state index is -0.306. The Hall–Kier alpha value is -2.75. The van der Waals surface area contributed by atoms with E-state index in [4.69, 9.17) is 4.99 Å². The number of carbonyl (C=O) groups excluding carboxylic acids is 1. The number of phenols is 1. The van der Waals surface area contributed by atoms with Gasteiger partial charge in [0.1, 0.15) is 18.3 Å². The van der Waals surface area contributed by atoms with E-state index in [1.165, 1.54) is 0 Å². The molecule has 2 fully saturated rings. The molecule has 3 aliphatic heterocycles. The Morgan fingerprint density at radius 2 is 1.91 bits per heavy atom. The number of likely N-dealkylation sites (N-methyl/N-ethyl adjacent to an activating group) is 1. The Morgan fingerprint density at radius 1 is 1.12 bits per heavy atom. The summed E-state index contributed by atoms with van der Waals surface area (Å²) >= 11 is 0. The number of fused-ring (bicyclic) bond motifs is 1. The van der Waals surface area contributed by atoms with Crippen LogP contribution in [0.15, 0.2) is 53.2 Å². The molecule has 0 aromatic heterocycles. The average molecular weight is 595 g/mol. The van der Waals surface area contributed by atoms with Crippen LogP contribution in [0.2, 0.25) is 0 Å². The molecule has 9 heteroatoms. The number of benzene rings is 1. The first-order valence-electron chi connectivity index (χ1n) is 16.3. The third kappa shape index (κ3) is 6.54. The number of hydrogen-bond donors (Lipinski definition) is 1. The highest BCUT2D eigenvalue weighted by molar-refractivity contribution is 6.05. The molecule has 2 saturated heterocycles. The van der Waals surface area contributed by atoms with Crippen molar-refractivity contribution in [2.45, 2.75) is 63.6 Å². The van der Waals surface area contributed by atoms with Gasteiger partial charge in [-0.25, -0.2) is 4.39 Å². The van der Waals surface area contributed by atoms with Gasteiger partial charge in [-0.3, -0.25) is 29.4 Å². The number of piperidine rings is 1. The zero-order valence-electron chi connectivity index (χ0n) is 26.6. The second kappa shape index (κ2) is 13.9. The predicted octanol–water partition coefficient (Wildman–Crippen LogP) is 4.09. The molecule has 1 aromatic carbocycles. The molecule has 1 aliphatic carbocycles. The third-order valence-corrected chi connectivity index (χ3v) is 10.1. The van der Waals surface area contributed by atoms with E-state index in [2.05, 4.69) is 71.8 Å². The van der Waals surface area contributed by atoms with Gasteiger partial charge >= 0.3 is 0 Å². The molecule has 3 atom stereocenters. The van der Waals surface area contributed by atoms with Crippen molar-refractivity contribution >= 4 is 11.7 Å². The molecular weight excluding hydrogens is 543 g/mol. The fourth-order valence-electron chi connectivity index (χ4n) is 7.62. The van der Waals surface area contributed by atoms with Crippen molar-refractivity contribution < 1.29 is 14.3 Å². The number of amidine groups is 1. The Labute approximate surface area is 257 Å². The Balaban J connectivity index is 1.33. The normalized spacial score (nSPS) is 25.8. The number of nitrogens with zero attached hydrogens (tertiary/aromatic N) is 6. The van der Waals surface area contributed by atoms with Crippen LogP contribution in [0, 0.1) is 5.92 Å². The van der Waals surface area contributed by atoms with Crippen molar-refractivity contribution in [2.75, 3.05) is 73.1 Å². The van der Waals surface area contributed by atoms with Crippen LogP contribution < -0.4 is 0 Å². The molecule has 8 nitrogen and oxygen atoms in total. The van der Waals surface area contributed by atoms with E-state index >= 15 is 0 Å². The molecule has 0 spiro atoms. The number of aliphatic imine (C=N–C) groups is 1. The maximum atomic E-state index is 14.1. The number of rotatable bonds is 10. The van der Waals surface area contributed by atoms with Gasteiger partial charge in [0.05, 0.1) is 18.0 Å². The third-order valence-electron chi connectivity index (χ3n) is 10.1. The molecule has 1 aromatic rings. The van der Waals surface area contributed by atoms with Crippen LogP contribution >= 0.6 is 0 Å². The maximum absolute atomic E-state index is 14.1. The molecule has 0 radical (unpaired) electrons. The second-order valence-corrected chi connectivity index (χ2v) is 12.7. The summed E-state index contributed by atoms with van der Waals surface area (Å²) < 4.78 is 13.0. The molecule has 3 heterocycles. The lowest BCUT2D eigenvalue weighted by atomic mass is 9.79. The monoisotopic (exact) mass is 594 g/mol. The number of halogens is 1. The van der Waals surface area contributed by atoms with Gasteiger partial charge in [0.2, 0.25) is 5.91 Å². The van der Waals surface area contributed by atoms with Crippen LogP contribution in [0.4, 0.5) is 4.39 Å². The van der Waals surface area contributed by atoms with E-state index in [1.54, 1.807) is 6.07 Å². The van der Waals surface area contributed by atoms with Crippen molar-refractivity contribution in [3.63, 3.8) is 0 Å². The quantitative estimate of drug-likeness (QED) is 0.441. The summed E-state index contributed by atoms with van der Waals surface area (Å²) in [7, 11) is 4.24. The first-order valence-corrected chi connectivity index (χ1v) is 16.3. The number of hydrogen-bond acceptors (Lipinski definition) is 7. The van der Waals surface area contributed by atoms with Gasteiger partial charge in [-0.2, -0.15) is 0 Å². The number of allylic oxidation sites excluding steroid dienone is 1. The molecule has 43 heavy (non-hydrogen) atoms. The summed E-state index contributed by atoms with van der Waals surface area (Å²) in [5, 5.41) is 10.2. The van der Waals surface area contributed by atoms with Crippen molar-refractivity contribution in [1.29, 1.82) is 0 Å². The van der Waals surface area contributed by atoms with Crippen LogP contribution in [0.1, 0.15) is 51.5 Å². The molecule has 1 amide bonds. The molecular formula is C34H51FN6O2. The minimum Gasteiger partial charge on any atom is -0.508 e. The molecule has 0 bridgehead atoms. The SMILES string of the molecule is CCC[C@@H](C1=NC2C=CC(N3CCC(c4cccc(O)c4)(N(C)C)CC3)=CC2C(=O)N1CC)N1CCCN(CCF)CC1. The smallest absolute Gasteiger partial charge is 0.237 e. The second-order valence-electron chi connectivity index (χ2n) is 12.7. The van der Waals surface area contributed by atoms with Crippen LogP contribution in [0.3, 0.4) is 0 Å². The van der Waals surface area contributed by atoms with Crippen LogP contribution in [0.25, 0.3) is 0 Å². The number of likely N-dealkylation sites (tertiary alicyclic amines) is 1. The number of phenolic OH excluding ortho intramolecular Hbond substituents is 1. The van der Waals surface area contributed by atoms with Gasteiger partial charge in [0.25, 0.3) is 0 Å². The van der Waals surface area contributed by atoms with Crippen LogP contribution in [-0.2, 0) is 10.3 Å². The summed E-state index contributed by atoms with van der Waals surface area (Å²) in [4.78, 5) is 30.7. The Bertz CT molecular complexity index is 1210. The average Bonchev–Trinajstić information content (AvgIpc) is 3.25. The highest BCUT2D eigenvalue weighted by Gasteiger charge is 2.43. The van der Waals surface area contributed by atoms with Gasteiger partial charge in [0, 0.05) is 57.0 Å². The van der Waals surface area contributed by atoms with E-state index in [0.717, 1.165) is 88.5 Å². The highest BCUT2D eigenvalue weighted by Crippen LogP contribution is 2.40. The van der Waals surface area contributed by atoms with E-state index in [0.29, 0.717) is 18.8 Å². The fraction of sp³-hybridized carbons (Fsp3) is 0.647. The number of amides is 1. The fourth-order valence-corrected chi connectivity index (χ4v) is 7.62. The molecule has 0 saturated carbocycles. The first-order chi connectivity index (χ1) is 20.8. The van der Waals surface area contributed by atoms with Crippen molar-refractivity contribution in [1.82, 2.24) is 24.5 Å². The number of aromatic hydroxyl groups is 1. The number of alkyl halides is 1. The molecule has 1 N–H and O–H groups in total. The van der Waals surface area contributed by atoms with Crippen molar-refractivity contribution in [2.24, 2.45) is 10.9 Å². The lowest BCUT2D eigenvalue weighted by molar-refractivity contribution is -0.131. The zero-order valence-corrected chi connectivity index (χ0v) is 26.6. The van der Waals surface area contributed by atoms with Crippen molar-refractivity contribution in [3.05, 3.63) is 53.8 Å². The van der Waals surface area contributed by atoms with Crippen LogP contribution in [0.5, 0.6) is 5.75 Å². The highest BCUT2D eigenvalue weighted by atomic mass is 19.1. The Morgan fingerprint density at radius 3 is 2.58 bits per heavy atom. The van der Waals surface area contributed by atoms with Gasteiger partial charge < -0.3 is 10.0 Å². The van der Waals surface area contributed by atoms with E-state index < -0.39 is 0 Å². The van der Waals surface area contributed by atoms with Gasteiger partial charge in [-0.1, -0.05) is 31.6 Å². The predicted molar refractivity (Wildman–Crippen MR) is 171 cm³/mol. The van der Waals surface area contributed by atoms with Gasteiger partial charge in [0.15, 0.2) is 0 Å². The van der Waals surface area contributed by atoms with E-state index in [9.17, 15) is 14.3 Å². The summed E-state index contributed by atoms with van der Waals surface area (Å²) in [6.07, 6.45) is 11.3. The van der Waals surface area contributed by atoms with E-state index in [-0.39, 0.29) is 36.1 Å². The van der Waals surface area contributed by atoms with E-state index in [1.807, 2.05) is 17.0 Å². The minimum absolute atomic E-state index is 0.0950. The lowest BCUT2D eigenvalue weighted by Crippen LogP contribution is -2.57. The summed E-state index contributed by atoms with van der Waals surface area (Å²) in [6.45, 7) is 10.4. The largest absolute Gasteiger partial charge is 0.508 e. The van der Waals surface area contributed by atoms with Gasteiger partial charge in [-0.05, 0) is 83.1 Å². The standard InChI is InChI=1S/C34H51FN6O2/c1-5-9-31(40-18-8-17-38(21-16-35)22-23-40)32-36-30-13-12-27(25-29(30)33(43)41(32)6-2)39-19-14-34(15-20-39,37(3)4)26-10-7-11-28(42)24-26/h7,10-13,24-25,29-31,42H,5-6,8-9,14-23H2,1-4H3/t29?,30?,31-/m0/s1. The van der Waals surface area contributed by atoms with Gasteiger partial charge in [-0.15, -0.1) is 0 Å². The topological polar surface area (TPSA) is 65.9 Å². The lowest BCUT2D eigenvalue weighted by Gasteiger charge is -2.48. The molecule has 2 unspecified atom stereocenters. The first kappa shape index (κ1) is 31.7. The Kier molecular flexibility index (Phi) is 10.2. The van der Waals surface area contributed by atoms with Crippen LogP contribution in [-0.4, -0.2) is 127 Å². The molecule has 5 rings (SSSR count). The number of carbonyl (C=O) groups is 1. The van der Waals surface area contributed by atoms with Crippen molar-refractivity contribution in [3.8, 4) is 5.75 Å². The molecule has 236 valence electrons. The zero-order chi connectivity index (χ0) is 30.6. The molecule has 4 aliphatic rings. The summed E-state index contributed by atoms with van der Waals surface area (Å²) in [6, 6.07) is 7.59. The summed E-state index contributed by atoms with van der Waals surface area (Å²) in [5.41, 5.74) is 2.12. The maximum Gasteiger partial charge on any atom is 0.237 e. The summed E-state index contributed by atoms with van der Waals surface area (Å²) in [5.74, 6) is 1.07.